The molecular formula is C23H28N6O2S. The molecule has 1 fully saturated rings. The zero-order chi connectivity index (χ0) is 22.3. The van der Waals surface area contributed by atoms with Crippen molar-refractivity contribution in [3.05, 3.63) is 48.2 Å². The monoisotopic (exact) mass is 452 g/mol. The highest BCUT2D eigenvalue weighted by Gasteiger charge is 2.20. The average Bonchev–Trinajstić information content (AvgIpc) is 3.21. The van der Waals surface area contributed by atoms with E-state index in [0.717, 1.165) is 40.7 Å². The molecule has 32 heavy (non-hydrogen) atoms. The molecule has 0 radical (unpaired) electrons. The molecule has 0 saturated carbocycles. The fraction of sp³-hybridized carbons (Fsp3) is 0.391. The van der Waals surface area contributed by atoms with Gasteiger partial charge in [0, 0.05) is 31.0 Å². The highest BCUT2D eigenvalue weighted by atomic mass is 32.2. The molecule has 2 aromatic heterocycles. The zero-order valence-electron chi connectivity index (χ0n) is 18.4. The van der Waals surface area contributed by atoms with Gasteiger partial charge in [0.25, 0.3) is 0 Å². The molecule has 1 aromatic carbocycles. The second-order valence-electron chi connectivity index (χ2n) is 7.74. The van der Waals surface area contributed by atoms with Gasteiger partial charge in [-0.2, -0.15) is 5.10 Å². The Morgan fingerprint density at radius 2 is 2.00 bits per heavy atom. The molecule has 3 heterocycles. The molecule has 0 unspecified atom stereocenters. The minimum atomic E-state index is -0.134. The first-order valence-corrected chi connectivity index (χ1v) is 11.7. The van der Waals surface area contributed by atoms with E-state index in [0.29, 0.717) is 31.6 Å². The van der Waals surface area contributed by atoms with E-state index in [2.05, 4.69) is 29.2 Å². The highest BCUT2D eigenvalue weighted by molar-refractivity contribution is 7.99. The number of thioether (sulfide) groups is 1. The summed E-state index contributed by atoms with van der Waals surface area (Å²) >= 11 is 1.64. The molecule has 0 atom stereocenters. The van der Waals surface area contributed by atoms with Gasteiger partial charge in [-0.3, -0.25) is 4.79 Å². The molecule has 1 saturated heterocycles. The molecule has 1 aliphatic rings. The first-order chi connectivity index (χ1) is 15.6. The number of hydrogen-bond donors (Lipinski definition) is 1. The Balaban J connectivity index is 1.47. The number of morpholine rings is 1. The Morgan fingerprint density at radius 3 is 2.75 bits per heavy atom. The second kappa shape index (κ2) is 10.6. The van der Waals surface area contributed by atoms with Crippen LogP contribution in [0.25, 0.3) is 17.1 Å². The van der Waals surface area contributed by atoms with Crippen molar-refractivity contribution >= 4 is 40.6 Å². The summed E-state index contributed by atoms with van der Waals surface area (Å²) in [6.45, 7) is 8.21. The molecule has 1 N–H and O–H groups in total. The molecule has 4 rings (SSSR count). The molecule has 0 aliphatic carbocycles. The summed E-state index contributed by atoms with van der Waals surface area (Å²) in [7, 11) is 0. The average molecular weight is 453 g/mol. The molecule has 9 heteroatoms. The first kappa shape index (κ1) is 22.3. The Kier molecular flexibility index (Phi) is 7.39. The molecule has 1 amide bonds. The number of benzene rings is 1. The standard InChI is InChI=1S/C23H28N6O2S/c1-17(2)32-23-26-21(28-12-14-31-15-13-28)19-16-25-29(22(19)27-23)11-10-24-20(30)9-8-18-6-4-3-5-7-18/h3-9,16-17H,10-15H2,1-2H3,(H,24,30)/b9-8-. The Labute approximate surface area is 192 Å². The Morgan fingerprint density at radius 1 is 1.22 bits per heavy atom. The SMILES string of the molecule is CC(C)Sc1nc(N2CCOCC2)c2cnn(CCNC(=O)/C=C\c3ccccc3)c2n1. The van der Waals surface area contributed by atoms with Crippen LogP contribution in [-0.4, -0.2) is 63.8 Å². The van der Waals surface area contributed by atoms with Gasteiger partial charge in [-0.05, 0) is 11.6 Å². The normalized spacial score (nSPS) is 14.5. The summed E-state index contributed by atoms with van der Waals surface area (Å²) in [5.41, 5.74) is 1.78. The molecule has 0 spiro atoms. The summed E-state index contributed by atoms with van der Waals surface area (Å²) in [6.07, 6.45) is 5.17. The number of amides is 1. The smallest absolute Gasteiger partial charge is 0.244 e. The van der Waals surface area contributed by atoms with Crippen LogP contribution in [0.2, 0.25) is 0 Å². The maximum absolute atomic E-state index is 12.2. The van der Waals surface area contributed by atoms with Gasteiger partial charge in [-0.25, -0.2) is 14.6 Å². The molecule has 1 aliphatic heterocycles. The third-order valence-corrected chi connectivity index (χ3v) is 5.82. The minimum absolute atomic E-state index is 0.134. The van der Waals surface area contributed by atoms with Crippen molar-refractivity contribution < 1.29 is 9.53 Å². The lowest BCUT2D eigenvalue weighted by molar-refractivity contribution is -0.116. The zero-order valence-corrected chi connectivity index (χ0v) is 19.2. The van der Waals surface area contributed by atoms with Crippen molar-refractivity contribution in [3.63, 3.8) is 0 Å². The molecule has 8 nitrogen and oxygen atoms in total. The van der Waals surface area contributed by atoms with Crippen molar-refractivity contribution in [3.8, 4) is 0 Å². The van der Waals surface area contributed by atoms with Gasteiger partial charge in [0.1, 0.15) is 5.82 Å². The van der Waals surface area contributed by atoms with E-state index in [1.807, 2.05) is 41.2 Å². The summed E-state index contributed by atoms with van der Waals surface area (Å²) in [5.74, 6) is 0.771. The van der Waals surface area contributed by atoms with Gasteiger partial charge in [-0.15, -0.1) is 0 Å². The fourth-order valence-corrected chi connectivity index (χ4v) is 4.14. The third kappa shape index (κ3) is 5.66. The second-order valence-corrected chi connectivity index (χ2v) is 9.28. The number of nitrogens with zero attached hydrogens (tertiary/aromatic N) is 5. The van der Waals surface area contributed by atoms with Gasteiger partial charge in [0.05, 0.1) is 31.3 Å². The summed E-state index contributed by atoms with van der Waals surface area (Å²) in [5, 5.41) is 9.50. The van der Waals surface area contributed by atoms with E-state index in [4.69, 9.17) is 14.7 Å². The minimum Gasteiger partial charge on any atom is -0.378 e. The van der Waals surface area contributed by atoms with Gasteiger partial charge >= 0.3 is 0 Å². The maximum atomic E-state index is 12.2. The van der Waals surface area contributed by atoms with Crippen LogP contribution in [0, 0.1) is 0 Å². The van der Waals surface area contributed by atoms with Crippen molar-refractivity contribution in [1.29, 1.82) is 0 Å². The largest absolute Gasteiger partial charge is 0.378 e. The lowest BCUT2D eigenvalue weighted by atomic mass is 10.2. The number of anilines is 1. The van der Waals surface area contributed by atoms with Gasteiger partial charge < -0.3 is 15.0 Å². The fourth-order valence-electron chi connectivity index (χ4n) is 3.44. The topological polar surface area (TPSA) is 85.2 Å². The Hall–Kier alpha value is -2.91. The van der Waals surface area contributed by atoms with Crippen LogP contribution in [0.4, 0.5) is 5.82 Å². The summed E-state index contributed by atoms with van der Waals surface area (Å²) in [6, 6.07) is 9.75. The first-order valence-electron chi connectivity index (χ1n) is 10.8. The number of ether oxygens (including phenoxy) is 1. The number of rotatable bonds is 8. The van der Waals surface area contributed by atoms with E-state index in [9.17, 15) is 4.79 Å². The van der Waals surface area contributed by atoms with Crippen LogP contribution in [0.1, 0.15) is 19.4 Å². The number of carbonyl (C=O) groups is 1. The van der Waals surface area contributed by atoms with Crippen LogP contribution < -0.4 is 10.2 Å². The van der Waals surface area contributed by atoms with Crippen LogP contribution in [0.5, 0.6) is 0 Å². The predicted molar refractivity (Wildman–Crippen MR) is 128 cm³/mol. The van der Waals surface area contributed by atoms with E-state index in [-0.39, 0.29) is 5.91 Å². The molecule has 168 valence electrons. The van der Waals surface area contributed by atoms with E-state index in [1.165, 1.54) is 0 Å². The van der Waals surface area contributed by atoms with Crippen molar-refractivity contribution in [2.75, 3.05) is 37.7 Å². The molecule has 0 bridgehead atoms. The number of fused-ring (bicyclic) bond motifs is 1. The van der Waals surface area contributed by atoms with Gasteiger partial charge in [0.2, 0.25) is 5.91 Å². The Bertz CT molecular complexity index is 1080. The summed E-state index contributed by atoms with van der Waals surface area (Å²) < 4.78 is 7.34. The predicted octanol–water partition coefficient (Wildman–Crippen LogP) is 2.99. The van der Waals surface area contributed by atoms with Crippen LogP contribution in [0.15, 0.2) is 47.8 Å². The van der Waals surface area contributed by atoms with Crippen LogP contribution in [0.3, 0.4) is 0 Å². The van der Waals surface area contributed by atoms with E-state index >= 15 is 0 Å². The highest BCUT2D eigenvalue weighted by Crippen LogP contribution is 2.29. The van der Waals surface area contributed by atoms with Crippen LogP contribution in [-0.2, 0) is 16.1 Å². The lowest BCUT2D eigenvalue weighted by Gasteiger charge is -2.28. The third-order valence-electron chi connectivity index (χ3n) is 4.96. The quantitative estimate of drug-likeness (QED) is 0.319. The van der Waals surface area contributed by atoms with E-state index < -0.39 is 0 Å². The molecular weight excluding hydrogens is 424 g/mol. The number of hydrogen-bond acceptors (Lipinski definition) is 7. The van der Waals surface area contributed by atoms with Crippen molar-refractivity contribution in [2.24, 2.45) is 0 Å². The lowest BCUT2D eigenvalue weighted by Crippen LogP contribution is -2.37. The maximum Gasteiger partial charge on any atom is 0.244 e. The number of aromatic nitrogens is 4. The van der Waals surface area contributed by atoms with Crippen molar-refractivity contribution in [1.82, 2.24) is 25.1 Å². The van der Waals surface area contributed by atoms with E-state index in [1.54, 1.807) is 23.9 Å². The number of nitrogens with one attached hydrogen (secondary N) is 1. The summed E-state index contributed by atoms with van der Waals surface area (Å²) in [4.78, 5) is 24.0. The molecule has 3 aromatic rings. The van der Waals surface area contributed by atoms with Crippen LogP contribution >= 0.6 is 11.8 Å². The van der Waals surface area contributed by atoms with Gasteiger partial charge in [0.15, 0.2) is 10.8 Å². The number of carbonyl (C=O) groups excluding carboxylic acids is 1. The van der Waals surface area contributed by atoms with Crippen molar-refractivity contribution in [2.45, 2.75) is 30.8 Å². The van der Waals surface area contributed by atoms with Gasteiger partial charge in [-0.1, -0.05) is 55.9 Å².